The number of carbonyl (C=O) groups excluding carboxylic acids is 1. The molecule has 0 saturated carbocycles. The molecule has 1 aromatic heterocycles. The van der Waals surface area contributed by atoms with Gasteiger partial charge in [0.2, 0.25) is 10.0 Å². The largest absolute Gasteiger partial charge is 0.333 e. The molecule has 2 aliphatic carbocycles. The van der Waals surface area contributed by atoms with Crippen LogP contribution < -0.4 is 10.0 Å². The second-order valence-corrected chi connectivity index (χ2v) is 12.6. The third kappa shape index (κ3) is 4.85. The third-order valence-electron chi connectivity index (χ3n) is 6.92. The molecule has 1 fully saturated rings. The van der Waals surface area contributed by atoms with E-state index in [9.17, 15) is 21.6 Å². The average Bonchev–Trinajstić information content (AvgIpc) is 3.58. The van der Waals surface area contributed by atoms with E-state index in [2.05, 4.69) is 21.1 Å². The number of aromatic nitrogens is 1. The number of nitrogens with one attached hydrogen (secondary N) is 2. The van der Waals surface area contributed by atoms with Gasteiger partial charge in [0.25, 0.3) is 10.0 Å². The fraction of sp³-hybridized carbons (Fsp3) is 0.417. The third-order valence-corrected chi connectivity index (χ3v) is 9.81. The normalized spacial score (nSPS) is 20.2. The minimum absolute atomic E-state index is 0.0589. The lowest BCUT2D eigenvalue weighted by atomic mass is 9.99. The minimum atomic E-state index is -4.13. The average molecular weight is 517 g/mol. The number of urea groups is 1. The van der Waals surface area contributed by atoms with E-state index in [1.807, 2.05) is 0 Å². The first-order valence-corrected chi connectivity index (χ1v) is 14.8. The zero-order valence-electron chi connectivity index (χ0n) is 19.2. The van der Waals surface area contributed by atoms with Gasteiger partial charge < -0.3 is 5.32 Å². The number of sulfonamides is 2. The SMILES string of the molecule is O=C(Nc1c2c(cc3c1CCC3)CCC2)NS(=O)(=O)C=CC1CCCN1S(=O)(=O)c1cccnc1. The van der Waals surface area contributed by atoms with Crippen molar-refractivity contribution in [3.63, 3.8) is 0 Å². The Bertz CT molecular complexity index is 1360. The minimum Gasteiger partial charge on any atom is -0.307 e. The van der Waals surface area contributed by atoms with E-state index in [0.29, 0.717) is 12.8 Å². The first-order valence-electron chi connectivity index (χ1n) is 11.8. The van der Waals surface area contributed by atoms with Crippen molar-refractivity contribution in [2.45, 2.75) is 62.3 Å². The van der Waals surface area contributed by atoms with E-state index in [1.165, 1.54) is 46.0 Å². The molecule has 186 valence electrons. The molecule has 5 rings (SSSR count). The van der Waals surface area contributed by atoms with Crippen LogP contribution in [0.5, 0.6) is 0 Å². The van der Waals surface area contributed by atoms with Crippen molar-refractivity contribution in [3.05, 3.63) is 64.3 Å². The molecule has 1 saturated heterocycles. The van der Waals surface area contributed by atoms with E-state index in [0.717, 1.165) is 60.7 Å². The predicted octanol–water partition coefficient (Wildman–Crippen LogP) is 2.88. The zero-order chi connectivity index (χ0) is 24.6. The van der Waals surface area contributed by atoms with Gasteiger partial charge in [0, 0.05) is 36.1 Å². The van der Waals surface area contributed by atoms with Crippen LogP contribution in [0.25, 0.3) is 0 Å². The number of hydrogen-bond acceptors (Lipinski definition) is 6. The number of benzene rings is 1. The molecule has 1 aliphatic heterocycles. The molecule has 35 heavy (non-hydrogen) atoms. The molecule has 1 unspecified atom stereocenters. The smallest absolute Gasteiger partial charge is 0.307 e. The maximum absolute atomic E-state index is 13.0. The van der Waals surface area contributed by atoms with Gasteiger partial charge in [-0.3, -0.25) is 4.98 Å². The number of nitrogens with zero attached hydrogens (tertiary/aromatic N) is 2. The molecule has 11 heteroatoms. The molecular weight excluding hydrogens is 488 g/mol. The van der Waals surface area contributed by atoms with Crippen LogP contribution in [0.15, 0.2) is 47.0 Å². The molecular formula is C24H28N4O5S2. The summed E-state index contributed by atoms with van der Waals surface area (Å²) < 4.78 is 54.5. The van der Waals surface area contributed by atoms with Crippen molar-refractivity contribution in [2.75, 3.05) is 11.9 Å². The summed E-state index contributed by atoms with van der Waals surface area (Å²) in [7, 11) is -7.93. The Morgan fingerprint density at radius 3 is 2.40 bits per heavy atom. The number of hydrogen-bond donors (Lipinski definition) is 2. The molecule has 0 spiro atoms. The molecule has 1 aromatic carbocycles. The second-order valence-electron chi connectivity index (χ2n) is 9.18. The second kappa shape index (κ2) is 9.36. The van der Waals surface area contributed by atoms with Crippen molar-refractivity contribution in [1.29, 1.82) is 0 Å². The summed E-state index contributed by atoms with van der Waals surface area (Å²) in [6.45, 7) is 0.282. The maximum atomic E-state index is 13.0. The predicted molar refractivity (Wildman–Crippen MR) is 132 cm³/mol. The van der Waals surface area contributed by atoms with Crippen LogP contribution in [0.3, 0.4) is 0 Å². The van der Waals surface area contributed by atoms with Gasteiger partial charge in [-0.05, 0) is 85.8 Å². The fourth-order valence-electron chi connectivity index (χ4n) is 5.36. The van der Waals surface area contributed by atoms with Crippen LogP contribution in [0.4, 0.5) is 10.5 Å². The highest BCUT2D eigenvalue weighted by Gasteiger charge is 2.34. The van der Waals surface area contributed by atoms with Crippen LogP contribution in [-0.2, 0) is 45.7 Å². The van der Waals surface area contributed by atoms with Crippen molar-refractivity contribution in [3.8, 4) is 0 Å². The zero-order valence-corrected chi connectivity index (χ0v) is 20.9. The highest BCUT2D eigenvalue weighted by atomic mass is 32.2. The van der Waals surface area contributed by atoms with Crippen LogP contribution in [0, 0.1) is 0 Å². The number of fused-ring (bicyclic) bond motifs is 2. The molecule has 2 heterocycles. The molecule has 9 nitrogen and oxygen atoms in total. The van der Waals surface area contributed by atoms with Crippen LogP contribution in [0.2, 0.25) is 0 Å². The summed E-state index contributed by atoms with van der Waals surface area (Å²) >= 11 is 0. The lowest BCUT2D eigenvalue weighted by Gasteiger charge is -2.21. The number of anilines is 1. The fourth-order valence-corrected chi connectivity index (χ4v) is 7.74. The summed E-state index contributed by atoms with van der Waals surface area (Å²) in [5.74, 6) is 0. The molecule has 0 bridgehead atoms. The Morgan fingerprint density at radius 2 is 1.74 bits per heavy atom. The van der Waals surface area contributed by atoms with Gasteiger partial charge in [0.05, 0.1) is 0 Å². The van der Waals surface area contributed by atoms with E-state index in [-0.39, 0.29) is 11.4 Å². The highest BCUT2D eigenvalue weighted by molar-refractivity contribution is 7.93. The van der Waals surface area contributed by atoms with Crippen molar-refractivity contribution in [2.24, 2.45) is 0 Å². The summed E-state index contributed by atoms with van der Waals surface area (Å²) in [5, 5.41) is 3.69. The quantitative estimate of drug-likeness (QED) is 0.608. The molecule has 1 atom stereocenters. The van der Waals surface area contributed by atoms with E-state index in [4.69, 9.17) is 0 Å². The maximum Gasteiger partial charge on any atom is 0.333 e. The highest BCUT2D eigenvalue weighted by Crippen LogP contribution is 2.38. The molecule has 0 radical (unpaired) electrons. The summed E-state index contributed by atoms with van der Waals surface area (Å²) in [5.41, 5.74) is 5.44. The number of amides is 2. The first-order chi connectivity index (χ1) is 16.7. The monoisotopic (exact) mass is 516 g/mol. The van der Waals surface area contributed by atoms with Crippen LogP contribution >= 0.6 is 0 Å². The standard InChI is InChI=1S/C24H28N4O5S2/c29-24(26-23-21-9-1-5-17(21)15-18-6-2-10-22(18)23)27-34(30,31)14-11-19-7-4-13-28(19)35(32,33)20-8-3-12-25-16-20/h3,8,11-12,14-16,19H,1-2,4-7,9-10,13H2,(H2,26,27,29). The Morgan fingerprint density at radius 1 is 1.03 bits per heavy atom. The van der Waals surface area contributed by atoms with E-state index in [1.54, 1.807) is 0 Å². The van der Waals surface area contributed by atoms with Crippen molar-refractivity contribution >= 4 is 31.8 Å². The lowest BCUT2D eigenvalue weighted by molar-refractivity contribution is 0.256. The van der Waals surface area contributed by atoms with Gasteiger partial charge in [-0.2, -0.15) is 4.31 Å². The Labute approximate surface area is 205 Å². The van der Waals surface area contributed by atoms with Crippen LogP contribution in [-0.4, -0.2) is 44.7 Å². The van der Waals surface area contributed by atoms with Gasteiger partial charge in [-0.25, -0.2) is 26.4 Å². The lowest BCUT2D eigenvalue weighted by Crippen LogP contribution is -2.36. The van der Waals surface area contributed by atoms with Gasteiger partial charge in [0.1, 0.15) is 4.90 Å². The van der Waals surface area contributed by atoms with Gasteiger partial charge in [-0.1, -0.05) is 12.1 Å². The number of aryl methyl sites for hydroxylation is 2. The van der Waals surface area contributed by atoms with Crippen molar-refractivity contribution < 1.29 is 21.6 Å². The summed E-state index contributed by atoms with van der Waals surface area (Å²) in [6.07, 6.45) is 10.9. The number of pyridine rings is 1. The van der Waals surface area contributed by atoms with E-state index >= 15 is 0 Å². The van der Waals surface area contributed by atoms with Gasteiger partial charge in [-0.15, -0.1) is 0 Å². The number of carbonyl (C=O) groups is 1. The van der Waals surface area contributed by atoms with E-state index < -0.39 is 32.1 Å². The molecule has 2 amide bonds. The molecule has 3 aliphatic rings. The summed E-state index contributed by atoms with van der Waals surface area (Å²) in [4.78, 5) is 16.6. The first kappa shape index (κ1) is 24.0. The molecule has 2 N–H and O–H groups in total. The Kier molecular flexibility index (Phi) is 6.41. The van der Waals surface area contributed by atoms with Crippen LogP contribution in [0.1, 0.15) is 47.9 Å². The topological polar surface area (TPSA) is 126 Å². The Hall–Kier alpha value is -2.76. The Balaban J connectivity index is 1.29. The van der Waals surface area contributed by atoms with Gasteiger partial charge >= 0.3 is 6.03 Å². The molecule has 2 aromatic rings. The van der Waals surface area contributed by atoms with Gasteiger partial charge in [0.15, 0.2) is 0 Å². The number of rotatable bonds is 6. The summed E-state index contributed by atoms with van der Waals surface area (Å²) in [6, 6.07) is 3.80. The van der Waals surface area contributed by atoms with Crippen molar-refractivity contribution in [1.82, 2.24) is 14.0 Å².